The maximum absolute atomic E-state index is 5.68. The Morgan fingerprint density at radius 2 is 2.20 bits per heavy atom. The number of ether oxygens (including phenoxy) is 1. The molecule has 0 radical (unpaired) electrons. The average molecular weight is 295 g/mol. The van der Waals surface area contributed by atoms with Crippen LogP contribution < -0.4 is 10.2 Å². The minimum atomic E-state index is 0.307. The standard InChI is InChI=1S/C15H25N3OS/c1-4-12-14(9-16-11-5-6-11)20-15(17-12)18(3)13-7-8-19-10(13)2/h10-11,13,16H,4-9H2,1-3H3. The molecule has 0 bridgehead atoms. The van der Waals surface area contributed by atoms with Gasteiger partial charge in [0.2, 0.25) is 0 Å². The SMILES string of the molecule is CCc1nc(N(C)C2CCOC2C)sc1CNC1CC1. The molecule has 112 valence electrons. The lowest BCUT2D eigenvalue weighted by molar-refractivity contribution is 0.118. The highest BCUT2D eigenvalue weighted by molar-refractivity contribution is 7.15. The molecule has 0 aromatic carbocycles. The summed E-state index contributed by atoms with van der Waals surface area (Å²) in [5.41, 5.74) is 1.26. The molecule has 1 aliphatic heterocycles. The number of nitrogens with one attached hydrogen (secondary N) is 1. The summed E-state index contributed by atoms with van der Waals surface area (Å²) in [5.74, 6) is 0. The maximum atomic E-state index is 5.68. The van der Waals surface area contributed by atoms with Crippen LogP contribution in [0.25, 0.3) is 0 Å². The van der Waals surface area contributed by atoms with Gasteiger partial charge in [0.1, 0.15) is 0 Å². The highest BCUT2D eigenvalue weighted by atomic mass is 32.1. The predicted molar refractivity (Wildman–Crippen MR) is 83.6 cm³/mol. The molecule has 1 aromatic heterocycles. The van der Waals surface area contributed by atoms with Crippen molar-refractivity contribution in [3.05, 3.63) is 10.6 Å². The van der Waals surface area contributed by atoms with Crippen LogP contribution in [0, 0.1) is 0 Å². The first-order valence-corrected chi connectivity index (χ1v) is 8.57. The van der Waals surface area contributed by atoms with Gasteiger partial charge in [-0.2, -0.15) is 0 Å². The fourth-order valence-corrected chi connectivity index (χ4v) is 3.95. The Hall–Kier alpha value is -0.650. The summed E-state index contributed by atoms with van der Waals surface area (Å²) in [5, 5.41) is 4.76. The molecule has 2 aliphatic rings. The van der Waals surface area contributed by atoms with Gasteiger partial charge in [-0.05, 0) is 32.6 Å². The van der Waals surface area contributed by atoms with Gasteiger partial charge >= 0.3 is 0 Å². The van der Waals surface area contributed by atoms with Crippen LogP contribution in [0.15, 0.2) is 0 Å². The Bertz CT molecular complexity index is 458. The summed E-state index contributed by atoms with van der Waals surface area (Å²) in [6, 6.07) is 1.22. The van der Waals surface area contributed by atoms with E-state index in [1.165, 1.54) is 23.4 Å². The van der Waals surface area contributed by atoms with Crippen molar-refractivity contribution >= 4 is 16.5 Å². The van der Waals surface area contributed by atoms with Gasteiger partial charge in [0.05, 0.1) is 17.8 Å². The van der Waals surface area contributed by atoms with E-state index in [2.05, 4.69) is 31.1 Å². The summed E-state index contributed by atoms with van der Waals surface area (Å²) < 4.78 is 5.68. The van der Waals surface area contributed by atoms with Gasteiger partial charge < -0.3 is 15.0 Å². The number of aromatic nitrogens is 1. The fraction of sp³-hybridized carbons (Fsp3) is 0.800. The summed E-state index contributed by atoms with van der Waals surface area (Å²) >= 11 is 1.85. The van der Waals surface area contributed by atoms with Gasteiger partial charge in [-0.1, -0.05) is 6.92 Å². The molecular formula is C15H25N3OS. The Morgan fingerprint density at radius 1 is 1.40 bits per heavy atom. The third-order valence-corrected chi connectivity index (χ3v) is 5.55. The van der Waals surface area contributed by atoms with Crippen molar-refractivity contribution in [1.82, 2.24) is 10.3 Å². The topological polar surface area (TPSA) is 37.4 Å². The van der Waals surface area contributed by atoms with E-state index >= 15 is 0 Å². The summed E-state index contributed by atoms with van der Waals surface area (Å²) in [4.78, 5) is 8.59. The lowest BCUT2D eigenvalue weighted by Gasteiger charge is -2.26. The molecule has 2 unspecified atom stereocenters. The molecule has 2 atom stereocenters. The van der Waals surface area contributed by atoms with Crippen molar-refractivity contribution in [2.75, 3.05) is 18.6 Å². The van der Waals surface area contributed by atoms with Crippen LogP contribution >= 0.6 is 11.3 Å². The van der Waals surface area contributed by atoms with E-state index in [1.807, 2.05) is 11.3 Å². The smallest absolute Gasteiger partial charge is 0.185 e. The maximum Gasteiger partial charge on any atom is 0.185 e. The van der Waals surface area contributed by atoms with Gasteiger partial charge in [-0.25, -0.2) is 4.98 Å². The second-order valence-corrected chi connectivity index (χ2v) is 6.98. The number of nitrogens with zero attached hydrogens (tertiary/aromatic N) is 2. The molecule has 2 fully saturated rings. The molecule has 1 aliphatic carbocycles. The van der Waals surface area contributed by atoms with Crippen LogP contribution in [0.3, 0.4) is 0 Å². The summed E-state index contributed by atoms with van der Waals surface area (Å²) in [7, 11) is 2.16. The highest BCUT2D eigenvalue weighted by Gasteiger charge is 2.30. The highest BCUT2D eigenvalue weighted by Crippen LogP contribution is 2.31. The average Bonchev–Trinajstić information content (AvgIpc) is 3.03. The molecular weight excluding hydrogens is 270 g/mol. The Balaban J connectivity index is 1.71. The zero-order valence-corrected chi connectivity index (χ0v) is 13.5. The molecule has 1 saturated heterocycles. The largest absolute Gasteiger partial charge is 0.376 e. The molecule has 1 aromatic rings. The van der Waals surface area contributed by atoms with Gasteiger partial charge in [0.25, 0.3) is 0 Å². The van der Waals surface area contributed by atoms with Crippen molar-refractivity contribution in [2.45, 2.75) is 64.3 Å². The second-order valence-electron chi connectivity index (χ2n) is 5.92. The molecule has 2 heterocycles. The number of hydrogen-bond donors (Lipinski definition) is 1. The van der Waals surface area contributed by atoms with E-state index in [0.717, 1.165) is 37.2 Å². The number of anilines is 1. The third-order valence-electron chi connectivity index (χ3n) is 4.37. The molecule has 4 nitrogen and oxygen atoms in total. The van der Waals surface area contributed by atoms with E-state index in [4.69, 9.17) is 9.72 Å². The van der Waals surface area contributed by atoms with Gasteiger partial charge in [0, 0.05) is 31.1 Å². The predicted octanol–water partition coefficient (Wildman–Crippen LogP) is 2.57. The zero-order valence-electron chi connectivity index (χ0n) is 12.7. The molecule has 3 rings (SSSR count). The van der Waals surface area contributed by atoms with Crippen LogP contribution in [-0.2, 0) is 17.7 Å². The van der Waals surface area contributed by atoms with Crippen molar-refractivity contribution in [1.29, 1.82) is 0 Å². The number of likely N-dealkylation sites (N-methyl/N-ethyl adjacent to an activating group) is 1. The van der Waals surface area contributed by atoms with Gasteiger partial charge in [-0.15, -0.1) is 11.3 Å². The van der Waals surface area contributed by atoms with Crippen molar-refractivity contribution in [3.63, 3.8) is 0 Å². The molecule has 1 saturated carbocycles. The first kappa shape index (κ1) is 14.3. The molecule has 0 spiro atoms. The number of aryl methyl sites for hydroxylation is 1. The number of rotatable bonds is 6. The van der Waals surface area contributed by atoms with Crippen LogP contribution in [0.4, 0.5) is 5.13 Å². The van der Waals surface area contributed by atoms with Crippen molar-refractivity contribution in [3.8, 4) is 0 Å². The molecule has 0 amide bonds. The van der Waals surface area contributed by atoms with E-state index in [-0.39, 0.29) is 0 Å². The van der Waals surface area contributed by atoms with E-state index in [9.17, 15) is 0 Å². The Morgan fingerprint density at radius 3 is 2.80 bits per heavy atom. The zero-order chi connectivity index (χ0) is 14.1. The summed E-state index contributed by atoms with van der Waals surface area (Å²) in [6.45, 7) is 6.22. The molecule has 20 heavy (non-hydrogen) atoms. The van der Waals surface area contributed by atoms with Crippen LogP contribution in [-0.4, -0.2) is 36.8 Å². The summed E-state index contributed by atoms with van der Waals surface area (Å²) in [6.07, 6.45) is 5.10. The van der Waals surface area contributed by atoms with E-state index in [1.54, 1.807) is 0 Å². The number of hydrogen-bond acceptors (Lipinski definition) is 5. The normalized spacial score (nSPS) is 26.1. The lowest BCUT2D eigenvalue weighted by atomic mass is 10.1. The monoisotopic (exact) mass is 295 g/mol. The first-order valence-electron chi connectivity index (χ1n) is 7.75. The van der Waals surface area contributed by atoms with Crippen LogP contribution in [0.1, 0.15) is 43.7 Å². The van der Waals surface area contributed by atoms with Gasteiger partial charge in [-0.3, -0.25) is 0 Å². The van der Waals surface area contributed by atoms with Crippen LogP contribution in [0.5, 0.6) is 0 Å². The van der Waals surface area contributed by atoms with Crippen molar-refractivity contribution < 1.29 is 4.74 Å². The quantitative estimate of drug-likeness (QED) is 0.875. The Kier molecular flexibility index (Phi) is 4.29. The minimum Gasteiger partial charge on any atom is -0.376 e. The third kappa shape index (κ3) is 3.00. The lowest BCUT2D eigenvalue weighted by Crippen LogP contribution is -2.36. The minimum absolute atomic E-state index is 0.307. The number of thiazole rings is 1. The molecule has 1 N–H and O–H groups in total. The van der Waals surface area contributed by atoms with Gasteiger partial charge in [0.15, 0.2) is 5.13 Å². The van der Waals surface area contributed by atoms with E-state index in [0.29, 0.717) is 12.1 Å². The van der Waals surface area contributed by atoms with Crippen molar-refractivity contribution in [2.24, 2.45) is 0 Å². The first-order chi connectivity index (χ1) is 9.69. The second kappa shape index (κ2) is 6.00. The Labute approximate surface area is 125 Å². The van der Waals surface area contributed by atoms with E-state index < -0.39 is 0 Å². The molecule has 5 heteroatoms. The van der Waals surface area contributed by atoms with Crippen LogP contribution in [0.2, 0.25) is 0 Å². The fourth-order valence-electron chi connectivity index (χ4n) is 2.83.